The largest absolute Gasteiger partial charge is 0.308 e. The van der Waals surface area contributed by atoms with Crippen molar-refractivity contribution in [3.63, 3.8) is 0 Å². The molecule has 1 N–H and O–H groups in total. The molecule has 0 aliphatic carbocycles. The maximum Gasteiger partial charge on any atom is 0.0238 e. The van der Waals surface area contributed by atoms with E-state index < -0.39 is 0 Å². The summed E-state index contributed by atoms with van der Waals surface area (Å²) in [5.74, 6) is 0.921. The van der Waals surface area contributed by atoms with E-state index in [0.717, 1.165) is 12.5 Å². The first-order valence-corrected chi connectivity index (χ1v) is 7.84. The first-order chi connectivity index (χ1) is 9.31. The number of rotatable bonds is 2. The summed E-state index contributed by atoms with van der Waals surface area (Å²) in [5.41, 5.74) is 3.04. The van der Waals surface area contributed by atoms with Gasteiger partial charge in [0.25, 0.3) is 0 Å². The highest BCUT2D eigenvalue weighted by atomic mass is 15.1. The third-order valence-corrected chi connectivity index (χ3v) is 4.75. The van der Waals surface area contributed by atoms with E-state index >= 15 is 0 Å². The third-order valence-electron chi connectivity index (χ3n) is 4.75. The number of nitrogens with one attached hydrogen (secondary N) is 1. The Morgan fingerprint density at radius 2 is 2.00 bits per heavy atom. The Morgan fingerprint density at radius 3 is 2.89 bits per heavy atom. The van der Waals surface area contributed by atoms with Gasteiger partial charge in [-0.15, -0.1) is 0 Å². The number of likely N-dealkylation sites (tertiary alicyclic amines) is 1. The molecule has 2 atom stereocenters. The Labute approximate surface area is 117 Å². The normalized spacial score (nSPS) is 28.7. The number of fused-ring (bicyclic) bond motifs is 1. The topological polar surface area (TPSA) is 15.3 Å². The van der Waals surface area contributed by atoms with E-state index in [1.165, 1.54) is 50.9 Å². The zero-order valence-corrected chi connectivity index (χ0v) is 12.1. The average Bonchev–Trinajstić information content (AvgIpc) is 2.64. The minimum atomic E-state index is 0.642. The van der Waals surface area contributed by atoms with Crippen LogP contribution in [0.25, 0.3) is 0 Å². The molecule has 2 heterocycles. The van der Waals surface area contributed by atoms with Crippen LogP contribution in [0, 0.1) is 5.92 Å². The van der Waals surface area contributed by atoms with Crippen LogP contribution in [0.5, 0.6) is 0 Å². The second kappa shape index (κ2) is 6.06. The Kier molecular flexibility index (Phi) is 4.19. The molecule has 1 saturated heterocycles. The molecule has 2 aliphatic rings. The second-order valence-electron chi connectivity index (χ2n) is 6.39. The molecule has 0 radical (unpaired) electrons. The van der Waals surface area contributed by atoms with Crippen LogP contribution in [0.4, 0.5) is 0 Å². The van der Waals surface area contributed by atoms with Gasteiger partial charge in [0.2, 0.25) is 0 Å². The van der Waals surface area contributed by atoms with Crippen LogP contribution in [0.15, 0.2) is 24.3 Å². The van der Waals surface area contributed by atoms with Gasteiger partial charge in [-0.3, -0.25) is 0 Å². The fourth-order valence-electron chi connectivity index (χ4n) is 3.47. The van der Waals surface area contributed by atoms with Gasteiger partial charge in [0.1, 0.15) is 0 Å². The Balaban J connectivity index is 1.57. The van der Waals surface area contributed by atoms with Crippen molar-refractivity contribution in [1.82, 2.24) is 10.2 Å². The molecular formula is C17H26N2. The van der Waals surface area contributed by atoms with E-state index in [4.69, 9.17) is 0 Å². The molecule has 0 saturated carbocycles. The smallest absolute Gasteiger partial charge is 0.0238 e. The predicted octanol–water partition coefficient (Wildman–Crippen LogP) is 2.82. The lowest BCUT2D eigenvalue weighted by molar-refractivity contribution is 0.242. The van der Waals surface area contributed by atoms with E-state index in [0.29, 0.717) is 6.04 Å². The van der Waals surface area contributed by atoms with E-state index in [1.54, 1.807) is 5.56 Å². The van der Waals surface area contributed by atoms with Crippen molar-refractivity contribution in [2.24, 2.45) is 5.92 Å². The highest BCUT2D eigenvalue weighted by Crippen LogP contribution is 2.19. The molecule has 0 bridgehead atoms. The molecule has 2 aliphatic heterocycles. The summed E-state index contributed by atoms with van der Waals surface area (Å²) in [5, 5.41) is 3.71. The number of hydrogen-bond acceptors (Lipinski definition) is 2. The molecule has 1 aromatic carbocycles. The third kappa shape index (κ3) is 3.37. The average molecular weight is 258 g/mol. The van der Waals surface area contributed by atoms with Gasteiger partial charge < -0.3 is 10.2 Å². The van der Waals surface area contributed by atoms with Crippen LogP contribution >= 0.6 is 0 Å². The van der Waals surface area contributed by atoms with Crippen molar-refractivity contribution < 1.29 is 0 Å². The van der Waals surface area contributed by atoms with Crippen LogP contribution < -0.4 is 5.32 Å². The van der Waals surface area contributed by atoms with Crippen molar-refractivity contribution in [3.05, 3.63) is 35.4 Å². The number of benzene rings is 1. The predicted molar refractivity (Wildman–Crippen MR) is 80.2 cm³/mol. The second-order valence-corrected chi connectivity index (χ2v) is 6.39. The first-order valence-electron chi connectivity index (χ1n) is 7.84. The Morgan fingerprint density at radius 1 is 1.16 bits per heavy atom. The van der Waals surface area contributed by atoms with Crippen molar-refractivity contribution in [2.75, 3.05) is 19.6 Å². The van der Waals surface area contributed by atoms with Gasteiger partial charge in [0.05, 0.1) is 0 Å². The molecule has 2 nitrogen and oxygen atoms in total. The summed E-state index contributed by atoms with van der Waals surface area (Å²) < 4.78 is 0. The van der Waals surface area contributed by atoms with Crippen molar-refractivity contribution >= 4 is 0 Å². The first kappa shape index (κ1) is 13.1. The van der Waals surface area contributed by atoms with Gasteiger partial charge in [-0.25, -0.2) is 0 Å². The molecule has 2 unspecified atom stereocenters. The molecular weight excluding hydrogens is 232 g/mol. The zero-order chi connectivity index (χ0) is 13.1. The Hall–Kier alpha value is -0.860. The molecule has 0 spiro atoms. The van der Waals surface area contributed by atoms with Gasteiger partial charge in [-0.05, 0) is 55.8 Å². The molecule has 1 aromatic rings. The Bertz CT molecular complexity index is 415. The molecule has 19 heavy (non-hydrogen) atoms. The van der Waals surface area contributed by atoms with E-state index in [2.05, 4.69) is 41.4 Å². The van der Waals surface area contributed by atoms with E-state index in [-0.39, 0.29) is 0 Å². The molecule has 2 heteroatoms. The van der Waals surface area contributed by atoms with Crippen molar-refractivity contribution in [2.45, 2.75) is 45.2 Å². The lowest BCUT2D eigenvalue weighted by Gasteiger charge is -2.31. The lowest BCUT2D eigenvalue weighted by Crippen LogP contribution is -2.45. The van der Waals surface area contributed by atoms with Gasteiger partial charge in [-0.2, -0.15) is 0 Å². The molecule has 104 valence electrons. The zero-order valence-electron chi connectivity index (χ0n) is 12.1. The minimum absolute atomic E-state index is 0.642. The van der Waals surface area contributed by atoms with Crippen LogP contribution in [0.1, 0.15) is 37.3 Å². The fraction of sp³-hybridized carbons (Fsp3) is 0.647. The number of nitrogens with zero attached hydrogens (tertiary/aromatic N) is 1. The minimum Gasteiger partial charge on any atom is -0.308 e. The van der Waals surface area contributed by atoms with Gasteiger partial charge in [0, 0.05) is 19.1 Å². The monoisotopic (exact) mass is 258 g/mol. The summed E-state index contributed by atoms with van der Waals surface area (Å²) in [6.07, 6.45) is 5.37. The van der Waals surface area contributed by atoms with Crippen LogP contribution in [-0.4, -0.2) is 30.6 Å². The molecule has 0 amide bonds. The quantitative estimate of drug-likeness (QED) is 0.877. The van der Waals surface area contributed by atoms with Crippen LogP contribution in [0.2, 0.25) is 0 Å². The van der Waals surface area contributed by atoms with Crippen molar-refractivity contribution in [3.8, 4) is 0 Å². The molecule has 3 rings (SSSR count). The van der Waals surface area contributed by atoms with Gasteiger partial charge >= 0.3 is 0 Å². The fourth-order valence-corrected chi connectivity index (χ4v) is 3.47. The van der Waals surface area contributed by atoms with Crippen molar-refractivity contribution in [1.29, 1.82) is 0 Å². The SMILES string of the molecule is CC1CCCN(CC2Cc3ccccc3CN2)CC1. The summed E-state index contributed by atoms with van der Waals surface area (Å²) >= 11 is 0. The van der Waals surface area contributed by atoms with Crippen LogP contribution in [0.3, 0.4) is 0 Å². The highest BCUT2D eigenvalue weighted by molar-refractivity contribution is 5.29. The van der Waals surface area contributed by atoms with Crippen LogP contribution in [-0.2, 0) is 13.0 Å². The number of hydrogen-bond donors (Lipinski definition) is 1. The summed E-state index contributed by atoms with van der Waals surface area (Å²) in [7, 11) is 0. The summed E-state index contributed by atoms with van der Waals surface area (Å²) in [6.45, 7) is 7.26. The molecule has 0 aromatic heterocycles. The molecule has 1 fully saturated rings. The summed E-state index contributed by atoms with van der Waals surface area (Å²) in [6, 6.07) is 9.52. The van der Waals surface area contributed by atoms with E-state index in [9.17, 15) is 0 Å². The summed E-state index contributed by atoms with van der Waals surface area (Å²) in [4.78, 5) is 2.68. The van der Waals surface area contributed by atoms with E-state index in [1.807, 2.05) is 0 Å². The standard InChI is InChI=1S/C17H26N2/c1-14-5-4-9-19(10-8-14)13-17-11-15-6-2-3-7-16(15)12-18-17/h2-3,6-7,14,17-18H,4-5,8-13H2,1H3. The van der Waals surface area contributed by atoms with Gasteiger partial charge in [-0.1, -0.05) is 31.2 Å². The maximum absolute atomic E-state index is 3.71. The van der Waals surface area contributed by atoms with Gasteiger partial charge in [0.15, 0.2) is 0 Å². The highest BCUT2D eigenvalue weighted by Gasteiger charge is 2.21. The maximum atomic E-state index is 3.71. The lowest BCUT2D eigenvalue weighted by atomic mass is 9.95.